The zero-order valence-corrected chi connectivity index (χ0v) is 17.0. The van der Waals surface area contributed by atoms with Gasteiger partial charge in [-0.1, -0.05) is 15.9 Å². The third-order valence-corrected chi connectivity index (χ3v) is 5.43. The van der Waals surface area contributed by atoms with Crippen LogP contribution in [0, 0.1) is 0 Å². The first-order chi connectivity index (χ1) is 12.7. The molecule has 0 amide bonds. The van der Waals surface area contributed by atoms with Crippen molar-refractivity contribution in [3.63, 3.8) is 0 Å². The fraction of sp³-hybridized carbons (Fsp3) is 0.176. The second kappa shape index (κ2) is 8.40. The smallest absolute Gasteiger partial charge is 0.340 e. The largest absolute Gasteiger partial charge is 0.497 e. The Labute approximate surface area is 164 Å². The van der Waals surface area contributed by atoms with Gasteiger partial charge in [-0.3, -0.25) is 4.72 Å². The first-order valence-electron chi connectivity index (χ1n) is 7.40. The highest BCUT2D eigenvalue weighted by atomic mass is 79.9. The standard InChI is InChI=1S/C17H16BrNO7S/c1-24-11-5-6-14(12(9-11)16(20)25-2)19-27(22,23)15-7-4-10(18)8-13(15)17(21)26-3/h4-9,19H,1-3H3. The monoisotopic (exact) mass is 457 g/mol. The lowest BCUT2D eigenvalue weighted by molar-refractivity contribution is 0.0589. The van der Waals surface area contributed by atoms with Gasteiger partial charge < -0.3 is 14.2 Å². The molecule has 0 aromatic heterocycles. The number of esters is 2. The summed E-state index contributed by atoms with van der Waals surface area (Å²) in [5.41, 5.74) is -0.231. The lowest BCUT2D eigenvalue weighted by Gasteiger charge is -2.14. The maximum absolute atomic E-state index is 12.9. The molecule has 2 rings (SSSR count). The van der Waals surface area contributed by atoms with Crippen LogP contribution in [0.2, 0.25) is 0 Å². The van der Waals surface area contributed by atoms with Crippen molar-refractivity contribution in [2.75, 3.05) is 26.1 Å². The predicted molar refractivity (Wildman–Crippen MR) is 101 cm³/mol. The lowest BCUT2D eigenvalue weighted by Crippen LogP contribution is -2.19. The summed E-state index contributed by atoms with van der Waals surface area (Å²) in [4.78, 5) is 23.7. The Hall–Kier alpha value is -2.59. The Bertz CT molecular complexity index is 989. The molecule has 0 saturated carbocycles. The van der Waals surface area contributed by atoms with E-state index in [1.807, 2.05) is 0 Å². The van der Waals surface area contributed by atoms with E-state index in [0.717, 1.165) is 7.11 Å². The maximum Gasteiger partial charge on any atom is 0.340 e. The van der Waals surface area contributed by atoms with Gasteiger partial charge in [-0.15, -0.1) is 0 Å². The van der Waals surface area contributed by atoms with Crippen molar-refractivity contribution < 1.29 is 32.2 Å². The SMILES string of the molecule is COC(=O)c1cc(OC)ccc1NS(=O)(=O)c1ccc(Br)cc1C(=O)OC. The second-order valence-electron chi connectivity index (χ2n) is 5.14. The molecule has 2 aromatic carbocycles. The van der Waals surface area contributed by atoms with Crippen LogP contribution in [0.1, 0.15) is 20.7 Å². The molecule has 0 unspecified atom stereocenters. The van der Waals surface area contributed by atoms with Gasteiger partial charge in [0.25, 0.3) is 10.0 Å². The van der Waals surface area contributed by atoms with Gasteiger partial charge in [0, 0.05) is 4.47 Å². The zero-order valence-electron chi connectivity index (χ0n) is 14.6. The number of sulfonamides is 1. The van der Waals surface area contributed by atoms with Crippen molar-refractivity contribution in [3.05, 3.63) is 52.0 Å². The summed E-state index contributed by atoms with van der Waals surface area (Å²) >= 11 is 3.19. The van der Waals surface area contributed by atoms with Gasteiger partial charge in [-0.25, -0.2) is 18.0 Å². The van der Waals surface area contributed by atoms with E-state index in [9.17, 15) is 18.0 Å². The van der Waals surface area contributed by atoms with E-state index in [0.29, 0.717) is 10.2 Å². The van der Waals surface area contributed by atoms with Crippen molar-refractivity contribution in [1.82, 2.24) is 0 Å². The van der Waals surface area contributed by atoms with Crippen molar-refractivity contribution >= 4 is 43.6 Å². The van der Waals surface area contributed by atoms with E-state index in [-0.39, 0.29) is 21.7 Å². The highest BCUT2D eigenvalue weighted by Crippen LogP contribution is 2.28. The maximum atomic E-state index is 12.9. The normalized spacial score (nSPS) is 10.8. The number of anilines is 1. The van der Waals surface area contributed by atoms with Gasteiger partial charge in [0.2, 0.25) is 0 Å². The molecule has 0 heterocycles. The molecule has 0 bridgehead atoms. The van der Waals surface area contributed by atoms with Gasteiger partial charge in [-0.2, -0.15) is 0 Å². The summed E-state index contributed by atoms with van der Waals surface area (Å²) in [5.74, 6) is -1.23. The topological polar surface area (TPSA) is 108 Å². The molecule has 8 nitrogen and oxygen atoms in total. The number of hydrogen-bond donors (Lipinski definition) is 1. The number of methoxy groups -OCH3 is 3. The van der Waals surface area contributed by atoms with Gasteiger partial charge in [0.15, 0.2) is 0 Å². The minimum absolute atomic E-state index is 0.0265. The van der Waals surface area contributed by atoms with Crippen LogP contribution in [-0.2, 0) is 19.5 Å². The highest BCUT2D eigenvalue weighted by Gasteiger charge is 2.25. The quantitative estimate of drug-likeness (QED) is 0.664. The van der Waals surface area contributed by atoms with Gasteiger partial charge in [0.1, 0.15) is 10.6 Å². The molecule has 0 radical (unpaired) electrons. The number of ether oxygens (including phenoxy) is 3. The number of halogens is 1. The molecule has 2 aromatic rings. The van der Waals surface area contributed by atoms with E-state index in [1.54, 1.807) is 0 Å². The molecule has 0 fully saturated rings. The second-order valence-corrected chi connectivity index (χ2v) is 7.71. The molecule has 0 aliphatic carbocycles. The fourth-order valence-corrected chi connectivity index (χ4v) is 3.84. The van der Waals surface area contributed by atoms with E-state index in [1.165, 1.54) is 50.6 Å². The number of nitrogens with one attached hydrogen (secondary N) is 1. The summed E-state index contributed by atoms with van der Waals surface area (Å²) in [6.45, 7) is 0. The van der Waals surface area contributed by atoms with Gasteiger partial charge in [-0.05, 0) is 36.4 Å². The minimum atomic E-state index is -4.22. The molecule has 27 heavy (non-hydrogen) atoms. The van der Waals surface area contributed by atoms with E-state index >= 15 is 0 Å². The minimum Gasteiger partial charge on any atom is -0.497 e. The van der Waals surface area contributed by atoms with Crippen LogP contribution >= 0.6 is 15.9 Å². The first-order valence-corrected chi connectivity index (χ1v) is 9.68. The molecule has 0 aliphatic heterocycles. The van der Waals surface area contributed by atoms with Crippen LogP contribution in [0.4, 0.5) is 5.69 Å². The summed E-state index contributed by atoms with van der Waals surface area (Å²) in [5, 5.41) is 0. The van der Waals surface area contributed by atoms with Crippen LogP contribution in [0.3, 0.4) is 0 Å². The van der Waals surface area contributed by atoms with Crippen LogP contribution in [-0.4, -0.2) is 41.7 Å². The van der Waals surface area contributed by atoms with Gasteiger partial charge in [0.05, 0.1) is 38.1 Å². The molecule has 1 N–H and O–H groups in total. The number of carbonyl (C=O) groups excluding carboxylic acids is 2. The number of hydrogen-bond acceptors (Lipinski definition) is 7. The van der Waals surface area contributed by atoms with Crippen molar-refractivity contribution in [2.45, 2.75) is 4.90 Å². The van der Waals surface area contributed by atoms with Crippen molar-refractivity contribution in [1.29, 1.82) is 0 Å². The fourth-order valence-electron chi connectivity index (χ4n) is 2.22. The summed E-state index contributed by atoms with van der Waals surface area (Å²) in [6, 6.07) is 8.23. The molecule has 0 aliphatic rings. The van der Waals surface area contributed by atoms with Crippen LogP contribution in [0.25, 0.3) is 0 Å². The van der Waals surface area contributed by atoms with Crippen molar-refractivity contribution in [2.24, 2.45) is 0 Å². The molecular formula is C17H16BrNO7S. The molecule has 0 saturated heterocycles. The summed E-state index contributed by atoms with van der Waals surface area (Å²) < 4.78 is 42.9. The Balaban J connectivity index is 2.55. The molecule has 10 heteroatoms. The summed E-state index contributed by atoms with van der Waals surface area (Å²) in [6.07, 6.45) is 0. The summed E-state index contributed by atoms with van der Waals surface area (Å²) in [7, 11) is -0.497. The molecule has 144 valence electrons. The van der Waals surface area contributed by atoms with E-state index in [2.05, 4.69) is 30.1 Å². The average Bonchev–Trinajstić information content (AvgIpc) is 2.66. The number of carbonyl (C=O) groups is 2. The third kappa shape index (κ3) is 4.58. The molecule has 0 atom stereocenters. The molecular weight excluding hydrogens is 442 g/mol. The number of rotatable bonds is 6. The van der Waals surface area contributed by atoms with Crippen LogP contribution in [0.5, 0.6) is 5.75 Å². The zero-order chi connectivity index (χ0) is 20.2. The predicted octanol–water partition coefficient (Wildman–Crippen LogP) is 2.83. The Morgan fingerprint density at radius 1 is 0.926 bits per heavy atom. The highest BCUT2D eigenvalue weighted by molar-refractivity contribution is 9.10. The lowest BCUT2D eigenvalue weighted by atomic mass is 10.2. The van der Waals surface area contributed by atoms with E-state index < -0.39 is 22.0 Å². The third-order valence-electron chi connectivity index (χ3n) is 3.51. The first kappa shape index (κ1) is 20.7. The Kier molecular flexibility index (Phi) is 6.45. The number of benzene rings is 2. The Morgan fingerprint density at radius 3 is 2.15 bits per heavy atom. The van der Waals surface area contributed by atoms with Crippen molar-refractivity contribution in [3.8, 4) is 5.75 Å². The van der Waals surface area contributed by atoms with Crippen LogP contribution < -0.4 is 9.46 Å². The van der Waals surface area contributed by atoms with Crippen LogP contribution in [0.15, 0.2) is 45.8 Å². The Morgan fingerprint density at radius 2 is 1.56 bits per heavy atom. The van der Waals surface area contributed by atoms with E-state index in [4.69, 9.17) is 4.74 Å². The molecule has 0 spiro atoms. The average molecular weight is 458 g/mol. The van der Waals surface area contributed by atoms with Gasteiger partial charge >= 0.3 is 11.9 Å².